The lowest BCUT2D eigenvalue weighted by Gasteiger charge is -2.27. The monoisotopic (exact) mass is 572 g/mol. The first-order valence-corrected chi connectivity index (χ1v) is 14.9. The molecular weight excluding hydrogens is 524 g/mol. The molecule has 0 radical (unpaired) electrons. The van der Waals surface area contributed by atoms with Gasteiger partial charge in [0.15, 0.2) is 0 Å². The van der Waals surface area contributed by atoms with E-state index in [1.54, 1.807) is 26.2 Å². The van der Waals surface area contributed by atoms with Gasteiger partial charge in [0.05, 0.1) is 12.1 Å². The summed E-state index contributed by atoms with van der Waals surface area (Å²) in [5.74, 6) is 1.66. The summed E-state index contributed by atoms with van der Waals surface area (Å²) >= 11 is 6.08. The fourth-order valence-electron chi connectivity index (χ4n) is 5.22. The van der Waals surface area contributed by atoms with Gasteiger partial charge in [-0.3, -0.25) is 9.59 Å². The first-order valence-electron chi connectivity index (χ1n) is 14.5. The molecule has 2 aromatic rings. The maximum atomic E-state index is 12.3. The minimum Gasteiger partial charge on any atom is -0.495 e. The third kappa shape index (κ3) is 11.0. The van der Waals surface area contributed by atoms with Gasteiger partial charge in [-0.1, -0.05) is 38.3 Å². The number of rotatable bonds is 11. The van der Waals surface area contributed by atoms with Crippen molar-refractivity contribution < 1.29 is 14.3 Å². The van der Waals surface area contributed by atoms with E-state index < -0.39 is 0 Å². The number of ether oxygens (including phenoxy) is 1. The van der Waals surface area contributed by atoms with E-state index in [2.05, 4.69) is 61.8 Å². The lowest BCUT2D eigenvalue weighted by Crippen LogP contribution is -2.27. The largest absolute Gasteiger partial charge is 0.495 e. The predicted molar refractivity (Wildman–Crippen MR) is 169 cm³/mol. The highest BCUT2D eigenvalue weighted by molar-refractivity contribution is 6.32. The van der Waals surface area contributed by atoms with Crippen molar-refractivity contribution in [1.29, 1.82) is 0 Å². The van der Waals surface area contributed by atoms with Crippen molar-refractivity contribution in [1.82, 2.24) is 4.90 Å². The summed E-state index contributed by atoms with van der Waals surface area (Å²) < 4.78 is 5.11. The second-order valence-corrected chi connectivity index (χ2v) is 11.3. The zero-order chi connectivity index (χ0) is 29.7. The molecule has 0 atom stereocenters. The number of amides is 2. The highest BCUT2D eigenvalue weighted by Gasteiger charge is 2.26. The fraction of sp³-hybridized carbons (Fsp3) is 0.562. The normalized spacial score (nSPS) is 16.5. The molecule has 1 aliphatic rings. The molecule has 0 aliphatic heterocycles. The molecule has 40 heavy (non-hydrogen) atoms. The zero-order valence-electron chi connectivity index (χ0n) is 25.5. The van der Waals surface area contributed by atoms with Crippen molar-refractivity contribution in [3.63, 3.8) is 0 Å². The van der Waals surface area contributed by atoms with E-state index in [0.717, 1.165) is 55.3 Å². The number of hydrogen-bond acceptors (Lipinski definition) is 5. The van der Waals surface area contributed by atoms with Crippen molar-refractivity contribution in [2.24, 2.45) is 11.8 Å². The number of likely N-dealkylation sites (N-methyl/N-ethyl adjacent to an activating group) is 1. The number of anilines is 3. The van der Waals surface area contributed by atoms with Crippen LogP contribution in [0.5, 0.6) is 5.75 Å². The number of halogens is 1. The molecule has 3 rings (SSSR count). The Hall–Kier alpha value is -2.77. The standard InChI is InChI=1S/C17H24ClNO2.C15H25N3O/c1-3-4-12-5-7-13(8-6-12)17(20)19-14-9-10-16(21-2)15(18)11-14;1-6-14-11(2)9-13(16-7-8-18(4)5)10-15(14)17-12(3)19/h9-13H,3-8H2,1-2H3,(H,19,20);9-10,16H,6-8H2,1-5H3,(H,17,19). The number of carbonyl (C=O) groups is 2. The highest BCUT2D eigenvalue weighted by Crippen LogP contribution is 2.33. The Morgan fingerprint density at radius 1 is 1.02 bits per heavy atom. The SMILES string of the molecule is CCCC1CCC(C(=O)Nc2ccc(OC)c(Cl)c2)CC1.CCc1c(C)cc(NCCN(C)C)cc1NC(C)=O. The van der Waals surface area contributed by atoms with E-state index in [0.29, 0.717) is 10.8 Å². The number of benzene rings is 2. The molecule has 1 aliphatic carbocycles. The number of nitrogens with one attached hydrogen (secondary N) is 3. The summed E-state index contributed by atoms with van der Waals surface area (Å²) in [6.45, 7) is 9.82. The molecule has 0 heterocycles. The average Bonchev–Trinajstić information content (AvgIpc) is 2.89. The molecule has 2 amide bonds. The lowest BCUT2D eigenvalue weighted by atomic mass is 9.80. The lowest BCUT2D eigenvalue weighted by molar-refractivity contribution is -0.121. The van der Waals surface area contributed by atoms with Gasteiger partial charge in [0.2, 0.25) is 11.8 Å². The van der Waals surface area contributed by atoms with Crippen LogP contribution in [0.4, 0.5) is 17.1 Å². The van der Waals surface area contributed by atoms with Crippen LogP contribution in [0.1, 0.15) is 70.4 Å². The molecule has 0 aromatic heterocycles. The minimum atomic E-state index is -0.0282. The average molecular weight is 573 g/mol. The Labute approximate surface area is 246 Å². The van der Waals surface area contributed by atoms with Crippen LogP contribution in [0.15, 0.2) is 30.3 Å². The smallest absolute Gasteiger partial charge is 0.227 e. The molecule has 0 unspecified atom stereocenters. The van der Waals surface area contributed by atoms with E-state index in [1.165, 1.54) is 36.8 Å². The number of nitrogens with zero attached hydrogens (tertiary/aromatic N) is 1. The number of methoxy groups -OCH3 is 1. The van der Waals surface area contributed by atoms with Gasteiger partial charge in [0, 0.05) is 43.0 Å². The first-order chi connectivity index (χ1) is 19.1. The Morgan fingerprint density at radius 2 is 1.73 bits per heavy atom. The zero-order valence-corrected chi connectivity index (χ0v) is 26.2. The topological polar surface area (TPSA) is 82.7 Å². The predicted octanol–water partition coefficient (Wildman–Crippen LogP) is 7.38. The quantitative estimate of drug-likeness (QED) is 0.261. The van der Waals surface area contributed by atoms with Gasteiger partial charge in [-0.05, 0) is 100 Å². The summed E-state index contributed by atoms with van der Waals surface area (Å²) in [7, 11) is 5.68. The van der Waals surface area contributed by atoms with Crippen molar-refractivity contribution in [3.8, 4) is 5.75 Å². The van der Waals surface area contributed by atoms with Gasteiger partial charge in [0.25, 0.3) is 0 Å². The van der Waals surface area contributed by atoms with Gasteiger partial charge >= 0.3 is 0 Å². The molecule has 0 bridgehead atoms. The van der Waals surface area contributed by atoms with E-state index in [4.69, 9.17) is 16.3 Å². The molecule has 1 fully saturated rings. The molecule has 2 aromatic carbocycles. The van der Waals surface area contributed by atoms with Crippen molar-refractivity contribution in [2.75, 3.05) is 50.2 Å². The molecule has 1 saturated carbocycles. The Morgan fingerprint density at radius 3 is 2.27 bits per heavy atom. The Balaban J connectivity index is 0.000000282. The number of carbonyl (C=O) groups excluding carboxylic acids is 2. The van der Waals surface area contributed by atoms with Crippen molar-refractivity contribution in [2.45, 2.75) is 72.6 Å². The molecule has 7 nitrogen and oxygen atoms in total. The van der Waals surface area contributed by atoms with Gasteiger partial charge < -0.3 is 25.6 Å². The van der Waals surface area contributed by atoms with Crippen molar-refractivity contribution >= 4 is 40.5 Å². The molecule has 8 heteroatoms. The fourth-order valence-corrected chi connectivity index (χ4v) is 5.48. The summed E-state index contributed by atoms with van der Waals surface area (Å²) in [4.78, 5) is 25.7. The minimum absolute atomic E-state index is 0.0282. The Kier molecular flexibility index (Phi) is 14.3. The number of aryl methyl sites for hydroxylation is 1. The molecular formula is C32H49ClN4O3. The molecule has 0 saturated heterocycles. The maximum absolute atomic E-state index is 12.3. The van der Waals surface area contributed by atoms with E-state index >= 15 is 0 Å². The van der Waals surface area contributed by atoms with Crippen LogP contribution in [0, 0.1) is 18.8 Å². The van der Waals surface area contributed by atoms with Gasteiger partial charge in [-0.25, -0.2) is 0 Å². The highest BCUT2D eigenvalue weighted by atomic mass is 35.5. The van der Waals surface area contributed by atoms with Gasteiger partial charge in [0.1, 0.15) is 5.75 Å². The molecule has 3 N–H and O–H groups in total. The third-order valence-corrected chi connectivity index (χ3v) is 7.65. The maximum Gasteiger partial charge on any atom is 0.227 e. The summed E-state index contributed by atoms with van der Waals surface area (Å²) in [5, 5.41) is 9.79. The van der Waals surface area contributed by atoms with Crippen molar-refractivity contribution in [3.05, 3.63) is 46.5 Å². The van der Waals surface area contributed by atoms with E-state index in [-0.39, 0.29) is 17.7 Å². The number of hydrogen-bond donors (Lipinski definition) is 3. The van der Waals surface area contributed by atoms with Gasteiger partial charge in [-0.2, -0.15) is 0 Å². The van der Waals surface area contributed by atoms with Crippen LogP contribution in [-0.2, 0) is 16.0 Å². The van der Waals surface area contributed by atoms with Crippen LogP contribution >= 0.6 is 11.6 Å². The summed E-state index contributed by atoms with van der Waals surface area (Å²) in [6.07, 6.45) is 7.80. The van der Waals surface area contributed by atoms with Crippen LogP contribution in [0.3, 0.4) is 0 Å². The van der Waals surface area contributed by atoms with E-state index in [1.807, 2.05) is 12.1 Å². The molecule has 222 valence electrons. The molecule has 0 spiro atoms. The summed E-state index contributed by atoms with van der Waals surface area (Å²) in [6, 6.07) is 9.49. The van der Waals surface area contributed by atoms with Crippen LogP contribution < -0.4 is 20.7 Å². The van der Waals surface area contributed by atoms with Crippen LogP contribution in [0.2, 0.25) is 5.02 Å². The summed E-state index contributed by atoms with van der Waals surface area (Å²) in [5.41, 5.74) is 5.12. The Bertz CT molecular complexity index is 1100. The first kappa shape index (κ1) is 33.4. The van der Waals surface area contributed by atoms with Crippen LogP contribution in [-0.4, -0.2) is 51.0 Å². The second-order valence-electron chi connectivity index (χ2n) is 10.9. The second kappa shape index (κ2) is 17.1. The van der Waals surface area contributed by atoms with Gasteiger partial charge in [-0.15, -0.1) is 0 Å². The van der Waals surface area contributed by atoms with Crippen LogP contribution in [0.25, 0.3) is 0 Å². The third-order valence-electron chi connectivity index (χ3n) is 7.36. The van der Waals surface area contributed by atoms with E-state index in [9.17, 15) is 9.59 Å².